The minimum atomic E-state index is -4.58. The molecule has 0 aromatic heterocycles. The number of hydrogen-bond acceptors (Lipinski definition) is 4. The average Bonchev–Trinajstić information content (AvgIpc) is 4.08. The Bertz CT molecular complexity index is 2070. The number of allylic oxidation sites excluding steroid dienone is 4. The van der Waals surface area contributed by atoms with E-state index in [0.717, 1.165) is 31.7 Å². The van der Waals surface area contributed by atoms with Crippen LogP contribution in [-0.4, -0.2) is 60.4 Å². The first kappa shape index (κ1) is 38.8. The number of fused-ring (bicyclic) bond motifs is 2. The first-order valence-electron chi connectivity index (χ1n) is 20.7. The summed E-state index contributed by atoms with van der Waals surface area (Å²) in [5.41, 5.74) is 10.3. The van der Waals surface area contributed by atoms with Crippen molar-refractivity contribution in [3.8, 4) is 0 Å². The molecule has 2 fully saturated rings. The van der Waals surface area contributed by atoms with Crippen molar-refractivity contribution in [2.24, 2.45) is 0 Å². The van der Waals surface area contributed by atoms with Gasteiger partial charge in [-0.15, -0.1) is 0 Å². The van der Waals surface area contributed by atoms with Crippen LogP contribution in [-0.2, 0) is 26.8 Å². The number of carbonyl (C=O) groups is 2. The molecule has 56 heavy (non-hydrogen) atoms. The van der Waals surface area contributed by atoms with Crippen molar-refractivity contribution >= 4 is 45.2 Å². The molecule has 2 unspecified atom stereocenters. The Morgan fingerprint density at radius 3 is 1.57 bits per heavy atom. The van der Waals surface area contributed by atoms with Crippen molar-refractivity contribution in [1.29, 1.82) is 0 Å². The Kier molecular flexibility index (Phi) is 12.2. The van der Waals surface area contributed by atoms with E-state index >= 15 is 0 Å². The van der Waals surface area contributed by atoms with Crippen molar-refractivity contribution in [2.45, 2.75) is 59.6 Å². The summed E-state index contributed by atoms with van der Waals surface area (Å²) in [6, 6.07) is 39.6. The van der Waals surface area contributed by atoms with Crippen LogP contribution in [0, 0.1) is 0 Å². The maximum atomic E-state index is 14.1. The summed E-state index contributed by atoms with van der Waals surface area (Å²) in [7, 11) is 0. The summed E-state index contributed by atoms with van der Waals surface area (Å²) in [4.78, 5) is 33.4. The summed E-state index contributed by atoms with van der Waals surface area (Å²) in [5, 5.41) is 0. The van der Waals surface area contributed by atoms with Crippen LogP contribution >= 0.6 is 0 Å². The van der Waals surface area contributed by atoms with Crippen molar-refractivity contribution in [2.75, 3.05) is 26.2 Å². The molecule has 0 bridgehead atoms. The second kappa shape index (κ2) is 17.6. The van der Waals surface area contributed by atoms with Gasteiger partial charge >= 0.3 is 343 Å². The van der Waals surface area contributed by atoms with Crippen molar-refractivity contribution < 1.29 is 26.8 Å². The van der Waals surface area contributed by atoms with E-state index in [4.69, 9.17) is 0 Å². The first-order valence-corrected chi connectivity index (χ1v) is 35.8. The zero-order valence-electron chi connectivity index (χ0n) is 32.8. The summed E-state index contributed by atoms with van der Waals surface area (Å²) < 4.78 is 9.01. The molecule has 4 aliphatic rings. The van der Waals surface area contributed by atoms with Gasteiger partial charge in [-0.1, -0.05) is 0 Å². The number of likely N-dealkylation sites (tertiary alicyclic amines) is 2. The Morgan fingerprint density at radius 1 is 0.643 bits per heavy atom. The molecule has 2 atom stereocenters. The van der Waals surface area contributed by atoms with Gasteiger partial charge in [0.1, 0.15) is 0 Å². The molecule has 4 aromatic carbocycles. The third-order valence-electron chi connectivity index (χ3n) is 12.3. The Hall–Kier alpha value is -4.10. The number of nitrogens with zero attached hydrogens (tertiary/aromatic N) is 2. The molecule has 2 aliphatic heterocycles. The Labute approximate surface area is 340 Å². The normalized spacial score (nSPS) is 20.0. The number of hydrogen-bond donors (Lipinski definition) is 2. The molecule has 0 radical (unpaired) electrons. The first-order chi connectivity index (χ1) is 27.5. The van der Waals surface area contributed by atoms with Crippen LogP contribution in [0.25, 0.3) is 20.8 Å². The minimum absolute atomic E-state index is 0.0322. The molecule has 2 amide bonds. The molecule has 0 spiro atoms. The second-order valence-corrected chi connectivity index (χ2v) is 46.8. The zero-order valence-corrected chi connectivity index (χ0v) is 37.7. The molecular formula is C48H53GaN4O2Zr. The number of rotatable bonds is 13. The summed E-state index contributed by atoms with van der Waals surface area (Å²) in [6.07, 6.45) is 17.6. The SMILES string of the molecule is CCC(=O)[NH][Ga]([NH]C(=O)CC)[Zr]([C](=CC=Cc1ccccc1)c1ccccc1)([CH]1C=C(N2CCCC2)c2ccccc21)[CH]1C=C(N2CCCC2)c2ccccc21. The average molecular weight is 879 g/mol. The van der Waals surface area contributed by atoms with E-state index in [1.807, 2.05) is 13.8 Å². The Morgan fingerprint density at radius 2 is 1.09 bits per heavy atom. The molecule has 284 valence electrons. The van der Waals surface area contributed by atoms with Crippen LogP contribution in [0.1, 0.15) is 93.0 Å². The number of benzene rings is 4. The molecule has 0 saturated carbocycles. The fraction of sp³-hybridized carbons (Fsp3) is 0.292. The third-order valence-corrected chi connectivity index (χ3v) is 56.4. The van der Waals surface area contributed by atoms with E-state index in [2.05, 4.69) is 157 Å². The van der Waals surface area contributed by atoms with Crippen molar-refractivity contribution in [1.82, 2.24) is 17.8 Å². The van der Waals surface area contributed by atoms with Gasteiger partial charge in [0, 0.05) is 0 Å². The van der Waals surface area contributed by atoms with Crippen molar-refractivity contribution in [3.05, 3.63) is 167 Å². The summed E-state index contributed by atoms with van der Waals surface area (Å²) in [5.74, 6) is 0.0644. The van der Waals surface area contributed by atoms with Crippen molar-refractivity contribution in [3.63, 3.8) is 0 Å². The molecular weight excluding hydrogens is 826 g/mol. The topological polar surface area (TPSA) is 64.7 Å². The van der Waals surface area contributed by atoms with Crippen LogP contribution in [0.3, 0.4) is 0 Å². The van der Waals surface area contributed by atoms with E-state index in [1.54, 1.807) is 0 Å². The van der Waals surface area contributed by atoms with Gasteiger partial charge in [-0.3, -0.25) is 0 Å². The number of nitrogens with one attached hydrogen (secondary N) is 2. The van der Waals surface area contributed by atoms with Gasteiger partial charge in [0.25, 0.3) is 0 Å². The van der Waals surface area contributed by atoms with Gasteiger partial charge in [-0.2, -0.15) is 0 Å². The van der Waals surface area contributed by atoms with Crippen LogP contribution < -0.4 is 8.05 Å². The predicted octanol–water partition coefficient (Wildman–Crippen LogP) is 9.32. The van der Waals surface area contributed by atoms with E-state index < -0.39 is 29.8 Å². The number of amides is 2. The Balaban J connectivity index is 1.50. The molecule has 2 saturated heterocycles. The molecule has 2 N–H and O–H groups in total. The standard InChI is InChI=1S/C16H13.2C13H14N.2C3H7NO.Ga.Zr/c1-3-9-15(10-4-1)13-7-8-14-16-11-5-2-6-12-16;2*1-2-6-12-11(5-1)7-8-13(12)14-9-3-4-10-14;2*1-2-3(4)5;;/h1-13H;2*1-2,5-8H,3-4,9-10H2;2*2H2,1H3,(H2,4,5);;/q;;;;;+2;/p-2. The zero-order chi connectivity index (χ0) is 38.5. The van der Waals surface area contributed by atoms with E-state index in [-0.39, 0.29) is 19.1 Å². The monoisotopic (exact) mass is 876 g/mol. The van der Waals surface area contributed by atoms with Gasteiger partial charge in [-0.05, 0) is 0 Å². The van der Waals surface area contributed by atoms with E-state index in [1.165, 1.54) is 68.2 Å². The van der Waals surface area contributed by atoms with Crippen LogP contribution in [0.5, 0.6) is 0 Å². The summed E-state index contributed by atoms with van der Waals surface area (Å²) in [6.45, 7) is 8.07. The fourth-order valence-electron chi connectivity index (χ4n) is 9.71. The fourth-order valence-corrected chi connectivity index (χ4v) is 59.8. The molecule has 2 heterocycles. The molecule has 8 rings (SSSR count). The molecule has 8 heteroatoms. The van der Waals surface area contributed by atoms with E-state index in [0.29, 0.717) is 12.8 Å². The number of carbonyl (C=O) groups excluding carboxylic acids is 2. The van der Waals surface area contributed by atoms with Crippen LogP contribution in [0.15, 0.2) is 133 Å². The van der Waals surface area contributed by atoms with Gasteiger partial charge < -0.3 is 0 Å². The molecule has 6 nitrogen and oxygen atoms in total. The third kappa shape index (κ3) is 7.53. The predicted molar refractivity (Wildman–Crippen MR) is 228 cm³/mol. The van der Waals surface area contributed by atoms with Gasteiger partial charge in [0.2, 0.25) is 0 Å². The van der Waals surface area contributed by atoms with Gasteiger partial charge in [0.15, 0.2) is 0 Å². The quantitative estimate of drug-likeness (QED) is 0.104. The molecule has 2 aliphatic carbocycles. The van der Waals surface area contributed by atoms with Crippen LogP contribution in [0.4, 0.5) is 0 Å². The van der Waals surface area contributed by atoms with Gasteiger partial charge in [0.05, 0.1) is 0 Å². The summed E-state index contributed by atoms with van der Waals surface area (Å²) >= 11 is -8.08. The van der Waals surface area contributed by atoms with Crippen LogP contribution in [0.2, 0.25) is 0 Å². The maximum absolute atomic E-state index is 14.1. The molecule has 4 aromatic rings. The second-order valence-electron chi connectivity index (χ2n) is 15.5. The van der Waals surface area contributed by atoms with E-state index in [9.17, 15) is 9.59 Å². The van der Waals surface area contributed by atoms with Gasteiger partial charge in [-0.25, -0.2) is 0 Å².